The van der Waals surface area contributed by atoms with Gasteiger partial charge in [0.05, 0.1) is 0 Å². The van der Waals surface area contributed by atoms with Gasteiger partial charge in [0, 0.05) is 35.9 Å². The third-order valence-electron chi connectivity index (χ3n) is 2.45. The van der Waals surface area contributed by atoms with Crippen LogP contribution in [0.4, 0.5) is 4.39 Å². The van der Waals surface area contributed by atoms with Crippen LogP contribution < -0.4 is 5.73 Å². The van der Waals surface area contributed by atoms with Crippen LogP contribution in [0.1, 0.15) is 18.5 Å². The van der Waals surface area contributed by atoms with E-state index < -0.39 is 0 Å². The van der Waals surface area contributed by atoms with Crippen molar-refractivity contribution in [2.24, 2.45) is 12.8 Å². The third kappa shape index (κ3) is 2.50. The van der Waals surface area contributed by atoms with E-state index in [1.165, 1.54) is 17.8 Å². The number of halogens is 1. The van der Waals surface area contributed by atoms with Crippen LogP contribution in [0.3, 0.4) is 0 Å². The number of imidazole rings is 1. The molecule has 0 aliphatic rings. The molecule has 0 spiro atoms. The van der Waals surface area contributed by atoms with Gasteiger partial charge in [-0.2, -0.15) is 0 Å². The molecule has 0 aliphatic heterocycles. The molecule has 0 saturated heterocycles. The van der Waals surface area contributed by atoms with E-state index >= 15 is 0 Å². The van der Waals surface area contributed by atoms with Gasteiger partial charge in [0.15, 0.2) is 5.16 Å². The van der Waals surface area contributed by atoms with Gasteiger partial charge in [0.2, 0.25) is 0 Å². The predicted octanol–water partition coefficient (Wildman–Crippen LogP) is 2.73. The molecular weight excluding hydrogens is 237 g/mol. The van der Waals surface area contributed by atoms with Gasteiger partial charge < -0.3 is 10.3 Å². The standard InChI is InChI=1S/C12H14FN3S/c1-8(14)11-9(13)4-3-5-10(11)17-12-15-6-7-16(12)2/h3-8H,14H2,1-2H3/t8-/m0/s1. The highest BCUT2D eigenvalue weighted by Crippen LogP contribution is 2.32. The molecule has 5 heteroatoms. The summed E-state index contributed by atoms with van der Waals surface area (Å²) >= 11 is 1.42. The van der Waals surface area contributed by atoms with Gasteiger partial charge in [-0.3, -0.25) is 0 Å². The minimum absolute atomic E-state index is 0.265. The van der Waals surface area contributed by atoms with Gasteiger partial charge in [-0.25, -0.2) is 9.37 Å². The van der Waals surface area contributed by atoms with E-state index in [0.29, 0.717) is 5.56 Å². The van der Waals surface area contributed by atoms with E-state index in [4.69, 9.17) is 5.73 Å². The highest BCUT2D eigenvalue weighted by molar-refractivity contribution is 7.99. The lowest BCUT2D eigenvalue weighted by Gasteiger charge is -2.12. The van der Waals surface area contributed by atoms with E-state index in [9.17, 15) is 4.39 Å². The van der Waals surface area contributed by atoms with Crippen molar-refractivity contribution in [1.82, 2.24) is 9.55 Å². The van der Waals surface area contributed by atoms with Crippen LogP contribution in [0.15, 0.2) is 40.6 Å². The van der Waals surface area contributed by atoms with Crippen molar-refractivity contribution in [3.63, 3.8) is 0 Å². The number of rotatable bonds is 3. The Morgan fingerprint density at radius 2 is 2.24 bits per heavy atom. The summed E-state index contributed by atoms with van der Waals surface area (Å²) in [7, 11) is 1.90. The molecule has 0 amide bonds. The van der Waals surface area contributed by atoms with Gasteiger partial charge in [0.1, 0.15) is 5.82 Å². The van der Waals surface area contributed by atoms with E-state index in [1.807, 2.05) is 23.9 Å². The lowest BCUT2D eigenvalue weighted by atomic mass is 10.1. The number of aromatic nitrogens is 2. The zero-order valence-corrected chi connectivity index (χ0v) is 10.5. The molecule has 1 atom stereocenters. The van der Waals surface area contributed by atoms with E-state index in [0.717, 1.165) is 10.1 Å². The van der Waals surface area contributed by atoms with Crippen molar-refractivity contribution < 1.29 is 4.39 Å². The Morgan fingerprint density at radius 3 is 2.82 bits per heavy atom. The Bertz CT molecular complexity index is 522. The fraction of sp³-hybridized carbons (Fsp3) is 0.250. The smallest absolute Gasteiger partial charge is 0.172 e. The maximum Gasteiger partial charge on any atom is 0.172 e. The number of hydrogen-bond donors (Lipinski definition) is 1. The minimum atomic E-state index is -0.334. The van der Waals surface area contributed by atoms with Gasteiger partial charge in [-0.05, 0) is 19.1 Å². The lowest BCUT2D eigenvalue weighted by molar-refractivity contribution is 0.585. The number of nitrogens with zero attached hydrogens (tertiary/aromatic N) is 2. The van der Waals surface area contributed by atoms with Crippen LogP contribution in [0.25, 0.3) is 0 Å². The van der Waals surface area contributed by atoms with Crippen molar-refractivity contribution in [1.29, 1.82) is 0 Å². The summed E-state index contributed by atoms with van der Waals surface area (Å²) in [6, 6.07) is 4.65. The van der Waals surface area contributed by atoms with Crippen LogP contribution in [-0.4, -0.2) is 9.55 Å². The van der Waals surface area contributed by atoms with E-state index in [-0.39, 0.29) is 11.9 Å². The Kier molecular flexibility index (Phi) is 3.49. The molecule has 1 aromatic heterocycles. The fourth-order valence-corrected chi connectivity index (χ4v) is 2.65. The summed E-state index contributed by atoms with van der Waals surface area (Å²) in [6.45, 7) is 1.78. The quantitative estimate of drug-likeness (QED) is 0.912. The predicted molar refractivity (Wildman–Crippen MR) is 66.3 cm³/mol. The lowest BCUT2D eigenvalue weighted by Crippen LogP contribution is -2.09. The normalized spacial score (nSPS) is 12.7. The van der Waals surface area contributed by atoms with Crippen LogP contribution in [-0.2, 0) is 7.05 Å². The fourth-order valence-electron chi connectivity index (χ4n) is 1.60. The molecule has 90 valence electrons. The number of aryl methyl sites for hydroxylation is 1. The number of hydrogen-bond acceptors (Lipinski definition) is 3. The monoisotopic (exact) mass is 251 g/mol. The largest absolute Gasteiger partial charge is 0.329 e. The van der Waals surface area contributed by atoms with Crippen LogP contribution in [0.2, 0.25) is 0 Å². The van der Waals surface area contributed by atoms with Crippen molar-refractivity contribution >= 4 is 11.8 Å². The molecule has 0 unspecified atom stereocenters. The Balaban J connectivity index is 2.39. The molecular formula is C12H14FN3S. The summed E-state index contributed by atoms with van der Waals surface area (Å²) in [5, 5.41) is 0.817. The minimum Gasteiger partial charge on any atom is -0.329 e. The van der Waals surface area contributed by atoms with Gasteiger partial charge >= 0.3 is 0 Å². The first kappa shape index (κ1) is 12.1. The molecule has 0 aliphatic carbocycles. The first-order chi connectivity index (χ1) is 8.09. The van der Waals surface area contributed by atoms with Crippen molar-refractivity contribution in [3.8, 4) is 0 Å². The average Bonchev–Trinajstić information content (AvgIpc) is 2.64. The molecule has 17 heavy (non-hydrogen) atoms. The van der Waals surface area contributed by atoms with Crippen molar-refractivity contribution in [2.75, 3.05) is 0 Å². The van der Waals surface area contributed by atoms with Crippen molar-refractivity contribution in [3.05, 3.63) is 42.0 Å². The summed E-state index contributed by atoms with van der Waals surface area (Å²) in [5.41, 5.74) is 6.34. The zero-order chi connectivity index (χ0) is 12.4. The van der Waals surface area contributed by atoms with Gasteiger partial charge in [-0.15, -0.1) is 0 Å². The average molecular weight is 251 g/mol. The summed E-state index contributed by atoms with van der Waals surface area (Å²) < 4.78 is 15.6. The van der Waals surface area contributed by atoms with Gasteiger partial charge in [0.25, 0.3) is 0 Å². The third-order valence-corrected chi connectivity index (χ3v) is 3.60. The molecule has 2 rings (SSSR count). The Morgan fingerprint density at radius 1 is 1.47 bits per heavy atom. The second-order valence-electron chi connectivity index (χ2n) is 3.86. The molecule has 2 N–H and O–H groups in total. The molecule has 1 heterocycles. The Hall–Kier alpha value is -1.33. The highest BCUT2D eigenvalue weighted by Gasteiger charge is 2.14. The maximum atomic E-state index is 13.7. The highest BCUT2D eigenvalue weighted by atomic mass is 32.2. The van der Waals surface area contributed by atoms with E-state index in [1.54, 1.807) is 19.2 Å². The first-order valence-electron chi connectivity index (χ1n) is 5.28. The maximum absolute atomic E-state index is 13.7. The van der Waals surface area contributed by atoms with Gasteiger partial charge in [-0.1, -0.05) is 17.8 Å². The SMILES string of the molecule is C[C@H](N)c1c(F)cccc1Sc1nccn1C. The van der Waals surface area contributed by atoms with Crippen molar-refractivity contribution in [2.45, 2.75) is 23.0 Å². The first-order valence-corrected chi connectivity index (χ1v) is 6.10. The molecule has 0 radical (unpaired) electrons. The van der Waals surface area contributed by atoms with Crippen LogP contribution >= 0.6 is 11.8 Å². The molecule has 0 fully saturated rings. The summed E-state index contributed by atoms with van der Waals surface area (Å²) in [6.07, 6.45) is 3.57. The van der Waals surface area contributed by atoms with E-state index in [2.05, 4.69) is 4.98 Å². The summed E-state index contributed by atoms with van der Waals surface area (Å²) in [5.74, 6) is -0.265. The number of benzene rings is 1. The second-order valence-corrected chi connectivity index (χ2v) is 4.87. The van der Waals surface area contributed by atoms with Crippen LogP contribution in [0, 0.1) is 5.82 Å². The molecule has 0 saturated carbocycles. The second kappa shape index (κ2) is 4.89. The Labute approximate surface area is 104 Å². The van der Waals surface area contributed by atoms with Crippen LogP contribution in [0.5, 0.6) is 0 Å². The molecule has 3 nitrogen and oxygen atoms in total. The summed E-state index contributed by atoms with van der Waals surface area (Å²) in [4.78, 5) is 5.02. The zero-order valence-electron chi connectivity index (χ0n) is 9.72. The topological polar surface area (TPSA) is 43.8 Å². The molecule has 2 aromatic rings. The molecule has 1 aromatic carbocycles. The number of nitrogens with two attached hydrogens (primary N) is 1. The molecule has 0 bridgehead atoms.